The molecule has 0 bridgehead atoms. The van der Waals surface area contributed by atoms with Gasteiger partial charge in [-0.3, -0.25) is 4.79 Å². The number of halogens is 1. The normalized spacial score (nSPS) is 9.54. The second-order valence-electron chi connectivity index (χ2n) is 2.54. The summed E-state index contributed by atoms with van der Waals surface area (Å²) in [5.74, 6) is -0.418. The Balaban J connectivity index is 0.000000845. The van der Waals surface area contributed by atoms with Crippen LogP contribution in [0.25, 0.3) is 11.0 Å². The van der Waals surface area contributed by atoms with Gasteiger partial charge in [0.2, 0.25) is 5.91 Å². The number of benzene rings is 1. The predicted molar refractivity (Wildman–Crippen MR) is 52.0 cm³/mol. The lowest BCUT2D eigenvalue weighted by Gasteiger charge is -1.93. The average molecular weight is 198 g/mol. The van der Waals surface area contributed by atoms with Crippen molar-refractivity contribution in [2.24, 2.45) is 5.73 Å². The third-order valence-electron chi connectivity index (χ3n) is 1.74. The number of hydrogen-bond acceptors (Lipinski definition) is 2. The highest BCUT2D eigenvalue weighted by molar-refractivity contribution is 5.96. The van der Waals surface area contributed by atoms with E-state index in [0.29, 0.717) is 5.56 Å². The molecule has 2 aromatic rings. The second kappa shape index (κ2) is 3.49. The van der Waals surface area contributed by atoms with E-state index in [0.717, 1.165) is 11.0 Å². The Morgan fingerprint density at radius 2 is 2.08 bits per heavy atom. The van der Waals surface area contributed by atoms with Crippen LogP contribution >= 0.6 is 12.4 Å². The van der Waals surface area contributed by atoms with Crippen molar-refractivity contribution in [3.05, 3.63) is 36.1 Å². The zero-order valence-corrected chi connectivity index (χ0v) is 7.51. The van der Waals surface area contributed by atoms with Crippen molar-refractivity contribution in [3.63, 3.8) is 0 Å². The lowest BCUT2D eigenvalue weighted by molar-refractivity contribution is 0.100. The molecule has 0 saturated carbocycles. The van der Waals surface area contributed by atoms with Crippen LogP contribution in [0.2, 0.25) is 0 Å². The van der Waals surface area contributed by atoms with Gasteiger partial charge in [0.05, 0.1) is 6.26 Å². The molecule has 1 heterocycles. The first-order chi connectivity index (χ1) is 5.77. The van der Waals surface area contributed by atoms with E-state index < -0.39 is 5.91 Å². The molecule has 2 N–H and O–H groups in total. The summed E-state index contributed by atoms with van der Waals surface area (Å²) in [4.78, 5) is 10.8. The van der Waals surface area contributed by atoms with E-state index in [4.69, 9.17) is 10.2 Å². The molecular weight excluding hydrogens is 190 g/mol. The van der Waals surface area contributed by atoms with Crippen molar-refractivity contribution in [1.82, 2.24) is 0 Å². The van der Waals surface area contributed by atoms with Crippen molar-refractivity contribution >= 4 is 29.3 Å². The van der Waals surface area contributed by atoms with Crippen LogP contribution in [0.1, 0.15) is 10.4 Å². The molecule has 1 aromatic carbocycles. The van der Waals surface area contributed by atoms with Gasteiger partial charge >= 0.3 is 0 Å². The maximum atomic E-state index is 10.8. The molecule has 1 amide bonds. The van der Waals surface area contributed by atoms with Gasteiger partial charge in [-0.25, -0.2) is 0 Å². The van der Waals surface area contributed by atoms with E-state index in [9.17, 15) is 4.79 Å². The van der Waals surface area contributed by atoms with Gasteiger partial charge in [-0.1, -0.05) is 0 Å². The number of carbonyl (C=O) groups excluding carboxylic acids is 1. The lowest BCUT2D eigenvalue weighted by atomic mass is 10.1. The van der Waals surface area contributed by atoms with Gasteiger partial charge in [-0.05, 0) is 24.3 Å². The molecule has 0 fully saturated rings. The van der Waals surface area contributed by atoms with Crippen molar-refractivity contribution < 1.29 is 9.21 Å². The Kier molecular flexibility index (Phi) is 2.58. The van der Waals surface area contributed by atoms with Crippen LogP contribution in [0.3, 0.4) is 0 Å². The van der Waals surface area contributed by atoms with Gasteiger partial charge in [-0.15, -0.1) is 12.4 Å². The second-order valence-corrected chi connectivity index (χ2v) is 2.54. The molecule has 13 heavy (non-hydrogen) atoms. The van der Waals surface area contributed by atoms with Crippen molar-refractivity contribution in [3.8, 4) is 0 Å². The minimum Gasteiger partial charge on any atom is -0.464 e. The van der Waals surface area contributed by atoms with E-state index in [1.165, 1.54) is 0 Å². The van der Waals surface area contributed by atoms with Crippen LogP contribution in [-0.4, -0.2) is 5.91 Å². The third kappa shape index (κ3) is 1.65. The summed E-state index contributed by atoms with van der Waals surface area (Å²) < 4.78 is 5.10. The summed E-state index contributed by atoms with van der Waals surface area (Å²) in [7, 11) is 0. The Hall–Kier alpha value is -1.48. The SMILES string of the molecule is Cl.NC(=O)c1ccc2occc2c1. The molecule has 68 valence electrons. The van der Waals surface area contributed by atoms with E-state index >= 15 is 0 Å². The number of primary amides is 1. The quantitative estimate of drug-likeness (QED) is 0.760. The fourth-order valence-electron chi connectivity index (χ4n) is 1.12. The Morgan fingerprint density at radius 1 is 1.31 bits per heavy atom. The topological polar surface area (TPSA) is 56.2 Å². The van der Waals surface area contributed by atoms with Gasteiger partial charge in [0, 0.05) is 10.9 Å². The van der Waals surface area contributed by atoms with Crippen LogP contribution < -0.4 is 5.73 Å². The first kappa shape index (κ1) is 9.61. The molecule has 4 heteroatoms. The number of amides is 1. The number of nitrogens with two attached hydrogens (primary N) is 1. The van der Waals surface area contributed by atoms with Crippen LogP contribution in [0.4, 0.5) is 0 Å². The highest BCUT2D eigenvalue weighted by Gasteiger charge is 2.02. The standard InChI is InChI=1S/C9H7NO2.ClH/c10-9(11)7-1-2-8-6(5-7)3-4-12-8;/h1-5H,(H2,10,11);1H. The number of carbonyl (C=O) groups is 1. The first-order valence-corrected chi connectivity index (χ1v) is 3.54. The van der Waals surface area contributed by atoms with Crippen molar-refractivity contribution in [2.45, 2.75) is 0 Å². The number of furan rings is 1. The Labute approximate surface area is 80.9 Å². The van der Waals surface area contributed by atoms with E-state index in [1.807, 2.05) is 0 Å². The molecular formula is C9H8ClNO2. The molecule has 0 aliphatic rings. The molecule has 0 radical (unpaired) electrons. The van der Waals surface area contributed by atoms with Crippen LogP contribution in [0.5, 0.6) is 0 Å². The summed E-state index contributed by atoms with van der Waals surface area (Å²) in [6, 6.07) is 6.88. The maximum absolute atomic E-state index is 10.8. The Morgan fingerprint density at radius 3 is 2.77 bits per heavy atom. The van der Waals surface area contributed by atoms with Crippen LogP contribution in [0, 0.1) is 0 Å². The van der Waals surface area contributed by atoms with Gasteiger partial charge in [-0.2, -0.15) is 0 Å². The number of rotatable bonds is 1. The molecule has 1 aromatic heterocycles. The van der Waals surface area contributed by atoms with Gasteiger partial charge in [0.25, 0.3) is 0 Å². The summed E-state index contributed by atoms with van der Waals surface area (Å²) >= 11 is 0. The minimum atomic E-state index is -0.418. The maximum Gasteiger partial charge on any atom is 0.248 e. The molecule has 0 spiro atoms. The largest absolute Gasteiger partial charge is 0.464 e. The summed E-state index contributed by atoms with van der Waals surface area (Å²) in [6.45, 7) is 0. The van der Waals surface area contributed by atoms with E-state index in [2.05, 4.69) is 0 Å². The molecule has 0 aliphatic heterocycles. The van der Waals surface area contributed by atoms with Crippen LogP contribution in [-0.2, 0) is 0 Å². The molecule has 0 aliphatic carbocycles. The van der Waals surface area contributed by atoms with E-state index in [1.54, 1.807) is 30.5 Å². The van der Waals surface area contributed by atoms with Gasteiger partial charge < -0.3 is 10.2 Å². The summed E-state index contributed by atoms with van der Waals surface area (Å²) in [5, 5.41) is 0.895. The number of hydrogen-bond donors (Lipinski definition) is 1. The van der Waals surface area contributed by atoms with Gasteiger partial charge in [0.1, 0.15) is 5.58 Å². The minimum absolute atomic E-state index is 0. The molecule has 0 saturated heterocycles. The predicted octanol–water partition coefficient (Wildman–Crippen LogP) is 1.95. The van der Waals surface area contributed by atoms with Crippen molar-refractivity contribution in [1.29, 1.82) is 0 Å². The van der Waals surface area contributed by atoms with Crippen molar-refractivity contribution in [2.75, 3.05) is 0 Å². The average Bonchev–Trinajstić information content (AvgIpc) is 2.49. The van der Waals surface area contributed by atoms with Crippen LogP contribution in [0.15, 0.2) is 34.9 Å². The lowest BCUT2D eigenvalue weighted by Crippen LogP contribution is -2.10. The summed E-state index contributed by atoms with van der Waals surface area (Å²) in [5.41, 5.74) is 6.37. The molecule has 2 rings (SSSR count). The zero-order chi connectivity index (χ0) is 8.55. The third-order valence-corrected chi connectivity index (χ3v) is 1.74. The molecule has 0 unspecified atom stereocenters. The molecule has 0 atom stereocenters. The number of fused-ring (bicyclic) bond motifs is 1. The summed E-state index contributed by atoms with van der Waals surface area (Å²) in [6.07, 6.45) is 1.58. The van der Waals surface area contributed by atoms with E-state index in [-0.39, 0.29) is 12.4 Å². The van der Waals surface area contributed by atoms with Gasteiger partial charge in [0.15, 0.2) is 0 Å². The molecule has 3 nitrogen and oxygen atoms in total. The fourth-order valence-corrected chi connectivity index (χ4v) is 1.12. The fraction of sp³-hybridized carbons (Fsp3) is 0. The highest BCUT2D eigenvalue weighted by Crippen LogP contribution is 2.16. The highest BCUT2D eigenvalue weighted by atomic mass is 35.5. The Bertz CT molecular complexity index is 436. The smallest absolute Gasteiger partial charge is 0.248 e. The first-order valence-electron chi connectivity index (χ1n) is 3.54. The monoisotopic (exact) mass is 197 g/mol. The zero-order valence-electron chi connectivity index (χ0n) is 6.69.